The normalized spacial score (nSPS) is 15.2. The first-order valence-corrected chi connectivity index (χ1v) is 14.7. The second-order valence-electron chi connectivity index (χ2n) is 9.98. The van der Waals surface area contributed by atoms with Crippen LogP contribution >= 0.6 is 35.8 Å². The monoisotopic (exact) mass is 635 g/mol. The Hall–Kier alpha value is -3.55. The van der Waals surface area contributed by atoms with Gasteiger partial charge in [0, 0.05) is 38.9 Å². The predicted octanol–water partition coefficient (Wildman–Crippen LogP) is 8.18. The van der Waals surface area contributed by atoms with Crippen molar-refractivity contribution in [3.05, 3.63) is 131 Å². The number of halogens is 2. The van der Waals surface area contributed by atoms with E-state index < -0.39 is 0 Å². The highest BCUT2D eigenvalue weighted by atomic mass is 35.5. The van der Waals surface area contributed by atoms with Crippen molar-refractivity contribution in [2.75, 3.05) is 34.9 Å². The Balaban J connectivity index is 0.000000230. The number of hydrogen-bond acceptors (Lipinski definition) is 6. The van der Waals surface area contributed by atoms with Gasteiger partial charge in [-0.05, 0) is 85.3 Å². The molecule has 1 unspecified atom stereocenters. The maximum Gasteiger partial charge on any atom is 0.220 e. The van der Waals surface area contributed by atoms with Crippen LogP contribution < -0.4 is 4.74 Å². The van der Waals surface area contributed by atoms with Crippen molar-refractivity contribution in [2.24, 2.45) is 0 Å². The average molecular weight is 637 g/mol. The minimum atomic E-state index is -0.345. The van der Waals surface area contributed by atoms with E-state index in [1.807, 2.05) is 30.0 Å². The molecule has 3 aromatic rings. The SMILES string of the molecule is C=CC(C1=CC(=O)C(OC)=CC1=O)c1ccc(OC)cc1.CN(C)CCC=C1c2ccccc2Sc2ccc(Cl)cc21.Cl. The Bertz CT molecular complexity index is 1570. The molecular weight excluding hydrogens is 601 g/mol. The van der Waals surface area contributed by atoms with Gasteiger partial charge in [0.1, 0.15) is 5.75 Å². The third kappa shape index (κ3) is 8.30. The number of hydrogen-bond donors (Lipinski definition) is 0. The van der Waals surface area contributed by atoms with Crippen LogP contribution in [0.4, 0.5) is 0 Å². The number of ketones is 2. The second kappa shape index (κ2) is 15.8. The maximum atomic E-state index is 12.2. The first-order chi connectivity index (χ1) is 20.2. The van der Waals surface area contributed by atoms with Gasteiger partial charge in [0.2, 0.25) is 5.78 Å². The molecule has 0 aromatic heterocycles. The predicted molar refractivity (Wildman–Crippen MR) is 179 cm³/mol. The van der Waals surface area contributed by atoms with Gasteiger partial charge in [-0.1, -0.05) is 65.8 Å². The number of methoxy groups -OCH3 is 2. The highest BCUT2D eigenvalue weighted by molar-refractivity contribution is 7.99. The Morgan fingerprint density at radius 1 is 0.907 bits per heavy atom. The van der Waals surface area contributed by atoms with E-state index in [1.165, 1.54) is 45.8 Å². The molecule has 0 saturated carbocycles. The molecule has 0 saturated heterocycles. The van der Waals surface area contributed by atoms with Crippen molar-refractivity contribution >= 4 is 52.9 Å². The van der Waals surface area contributed by atoms with E-state index in [0.29, 0.717) is 5.57 Å². The molecule has 5 nitrogen and oxygen atoms in total. The number of nitrogens with zero attached hydrogens (tertiary/aromatic N) is 1. The number of ether oxygens (including phenoxy) is 2. The molecule has 0 fully saturated rings. The fraction of sp³-hybridized carbons (Fsp3) is 0.200. The lowest BCUT2D eigenvalue weighted by Crippen LogP contribution is -2.18. The fourth-order valence-corrected chi connectivity index (χ4v) is 6.00. The summed E-state index contributed by atoms with van der Waals surface area (Å²) in [5, 5.41) is 0.798. The van der Waals surface area contributed by atoms with Gasteiger partial charge in [-0.25, -0.2) is 0 Å². The molecule has 1 aliphatic heterocycles. The quantitative estimate of drug-likeness (QED) is 0.144. The molecule has 0 spiro atoms. The summed E-state index contributed by atoms with van der Waals surface area (Å²) in [7, 11) is 7.16. The van der Waals surface area contributed by atoms with Crippen LogP contribution in [-0.2, 0) is 14.3 Å². The lowest BCUT2D eigenvalue weighted by molar-refractivity contribution is -0.117. The Morgan fingerprint density at radius 3 is 2.26 bits per heavy atom. The standard InChI is InChI=1S/C18H18ClNS.C17H16O4.ClH/c1-20(2)11-5-7-14-15-6-3-4-8-17(15)21-18-10-9-13(19)12-16(14)18;1-4-13(11-5-7-12(20-2)8-6-11)14-9-16(19)17(21-3)10-15(14)18;/h3-4,6-10,12H,5,11H2,1-2H3;4-10,13H,1H2,2-3H3;1H. The van der Waals surface area contributed by atoms with E-state index in [9.17, 15) is 9.59 Å². The zero-order valence-electron chi connectivity index (χ0n) is 24.6. The number of benzene rings is 3. The van der Waals surface area contributed by atoms with Crippen LogP contribution in [0, 0.1) is 0 Å². The van der Waals surface area contributed by atoms with Crippen molar-refractivity contribution in [3.8, 4) is 5.75 Å². The summed E-state index contributed by atoms with van der Waals surface area (Å²) in [6.07, 6.45) is 7.56. The van der Waals surface area contributed by atoms with Gasteiger partial charge in [0.25, 0.3) is 0 Å². The minimum Gasteiger partial charge on any atom is -0.497 e. The smallest absolute Gasteiger partial charge is 0.220 e. The van der Waals surface area contributed by atoms with E-state index >= 15 is 0 Å². The summed E-state index contributed by atoms with van der Waals surface area (Å²) in [4.78, 5) is 28.8. The molecule has 1 atom stereocenters. The topological polar surface area (TPSA) is 55.8 Å². The van der Waals surface area contributed by atoms with Gasteiger partial charge in [0.05, 0.1) is 14.2 Å². The third-order valence-corrected chi connectivity index (χ3v) is 8.28. The molecule has 0 radical (unpaired) electrons. The first kappa shape index (κ1) is 33.9. The van der Waals surface area contributed by atoms with E-state index in [4.69, 9.17) is 21.1 Å². The van der Waals surface area contributed by atoms with Gasteiger partial charge in [0.15, 0.2) is 11.5 Å². The number of rotatable bonds is 8. The second-order valence-corrected chi connectivity index (χ2v) is 11.5. The number of carbonyl (C=O) groups excluding carboxylic acids is 2. The van der Waals surface area contributed by atoms with Crippen molar-refractivity contribution in [1.29, 1.82) is 0 Å². The zero-order valence-corrected chi connectivity index (χ0v) is 27.0. The number of fused-ring (bicyclic) bond motifs is 2. The number of carbonyl (C=O) groups is 2. The lowest BCUT2D eigenvalue weighted by atomic mass is 9.85. The average Bonchev–Trinajstić information content (AvgIpc) is 2.99. The first-order valence-electron chi connectivity index (χ1n) is 13.5. The molecule has 5 rings (SSSR count). The van der Waals surface area contributed by atoms with E-state index in [0.717, 1.165) is 29.3 Å². The maximum absolute atomic E-state index is 12.2. The summed E-state index contributed by atoms with van der Waals surface area (Å²) in [6, 6.07) is 22.1. The van der Waals surface area contributed by atoms with Crippen LogP contribution in [0.2, 0.25) is 5.02 Å². The highest BCUT2D eigenvalue weighted by Gasteiger charge is 2.26. The van der Waals surface area contributed by atoms with Gasteiger partial charge < -0.3 is 14.4 Å². The van der Waals surface area contributed by atoms with Crippen LogP contribution in [-0.4, -0.2) is 51.3 Å². The molecule has 8 heteroatoms. The summed E-state index contributed by atoms with van der Waals surface area (Å²) in [5.41, 5.74) is 5.14. The third-order valence-electron chi connectivity index (χ3n) is 6.90. The van der Waals surface area contributed by atoms with Crippen LogP contribution in [0.25, 0.3) is 5.57 Å². The summed E-state index contributed by atoms with van der Waals surface area (Å²) in [6.45, 7) is 4.82. The van der Waals surface area contributed by atoms with Crippen LogP contribution in [0.5, 0.6) is 5.75 Å². The van der Waals surface area contributed by atoms with Crippen LogP contribution in [0.3, 0.4) is 0 Å². The molecule has 3 aromatic carbocycles. The fourth-order valence-electron chi connectivity index (χ4n) is 4.74. The van der Waals surface area contributed by atoms with Crippen molar-refractivity contribution < 1.29 is 19.1 Å². The molecule has 43 heavy (non-hydrogen) atoms. The molecule has 1 aliphatic carbocycles. The summed E-state index contributed by atoms with van der Waals surface area (Å²) in [5.74, 6) is -0.119. The molecule has 0 amide bonds. The Kier molecular flexibility index (Phi) is 12.5. The van der Waals surface area contributed by atoms with Crippen molar-refractivity contribution in [1.82, 2.24) is 4.90 Å². The van der Waals surface area contributed by atoms with E-state index in [-0.39, 0.29) is 35.7 Å². The van der Waals surface area contributed by atoms with E-state index in [2.05, 4.69) is 68.0 Å². The largest absolute Gasteiger partial charge is 0.497 e. The lowest BCUT2D eigenvalue weighted by Gasteiger charge is -2.22. The Labute approximate surface area is 269 Å². The summed E-state index contributed by atoms with van der Waals surface area (Å²) >= 11 is 8.03. The molecule has 224 valence electrons. The van der Waals surface area contributed by atoms with Gasteiger partial charge in [-0.15, -0.1) is 19.0 Å². The van der Waals surface area contributed by atoms with Crippen molar-refractivity contribution in [2.45, 2.75) is 22.1 Å². The van der Waals surface area contributed by atoms with Gasteiger partial charge in [-0.3, -0.25) is 9.59 Å². The van der Waals surface area contributed by atoms with E-state index in [1.54, 1.807) is 25.3 Å². The molecule has 0 N–H and O–H groups in total. The van der Waals surface area contributed by atoms with Crippen LogP contribution in [0.1, 0.15) is 29.0 Å². The van der Waals surface area contributed by atoms with Crippen LogP contribution in [0.15, 0.2) is 119 Å². The molecule has 2 aliphatic rings. The molecular formula is C35H35Cl2NO4S. The van der Waals surface area contributed by atoms with Gasteiger partial charge in [-0.2, -0.15) is 0 Å². The number of allylic oxidation sites excluding steroid dienone is 4. The zero-order chi connectivity index (χ0) is 30.2. The highest BCUT2D eigenvalue weighted by Crippen LogP contribution is 2.46. The molecule has 0 bridgehead atoms. The minimum absolute atomic E-state index is 0. The van der Waals surface area contributed by atoms with Crippen molar-refractivity contribution in [3.63, 3.8) is 0 Å². The molecule has 1 heterocycles. The Morgan fingerprint density at radius 2 is 1.60 bits per heavy atom. The summed E-state index contributed by atoms with van der Waals surface area (Å²) < 4.78 is 9.98. The van der Waals surface area contributed by atoms with Gasteiger partial charge >= 0.3 is 0 Å².